The van der Waals surface area contributed by atoms with Gasteiger partial charge in [-0.15, -0.1) is 0 Å². The average molecular weight is 751 g/mol. The maximum atomic E-state index is 2.52. The minimum atomic E-state index is -0.843. The Labute approximate surface area is 332 Å². The molecule has 2 heterocycles. The van der Waals surface area contributed by atoms with E-state index in [9.17, 15) is 0 Å². The Morgan fingerprint density at radius 2 is 0.679 bits per heavy atom. The summed E-state index contributed by atoms with van der Waals surface area (Å²) in [4.78, 5) is 0. The highest BCUT2D eigenvalue weighted by molar-refractivity contribution is 7.70. The zero-order chi connectivity index (χ0) is 37.3. The fourth-order valence-electron chi connectivity index (χ4n) is 8.77. The predicted molar refractivity (Wildman–Crippen MR) is 245 cm³/mol. The Morgan fingerprint density at radius 1 is 0.321 bits per heavy atom. The molecule has 0 nitrogen and oxygen atoms in total. The smallest absolute Gasteiger partial charge is 0.0372 e. The van der Waals surface area contributed by atoms with Gasteiger partial charge in [0, 0.05) is 11.3 Å². The standard InChI is InChI=1S/C54H40P2/c1-5-19-39(20-6-1)47-31-17-37-55(53(47)43-25-9-3-10-26-43)49-35-33-41-23-13-15-29-45(41)51(49)52-46-30-16-14-24-42(46)34-36-50(52)56-38-18-32-48(40-21-7-2-8-22-40)54(56)44-27-11-4-12-28-44/h1-38,53-54H. The summed E-state index contributed by atoms with van der Waals surface area (Å²) in [5.74, 6) is 5.04. The van der Waals surface area contributed by atoms with Gasteiger partial charge < -0.3 is 0 Å². The van der Waals surface area contributed by atoms with Crippen LogP contribution in [0.2, 0.25) is 0 Å². The van der Waals surface area contributed by atoms with Gasteiger partial charge in [0.2, 0.25) is 0 Å². The summed E-state index contributed by atoms with van der Waals surface area (Å²) in [5, 5.41) is 8.02. The van der Waals surface area contributed by atoms with Crippen molar-refractivity contribution in [2.24, 2.45) is 0 Å². The van der Waals surface area contributed by atoms with Gasteiger partial charge in [-0.05, 0) is 92.5 Å². The Hall–Kier alpha value is -5.90. The van der Waals surface area contributed by atoms with Crippen molar-refractivity contribution >= 4 is 59.1 Å². The molecule has 0 saturated heterocycles. The minimum absolute atomic E-state index is 0.196. The molecule has 4 unspecified atom stereocenters. The number of hydrogen-bond acceptors (Lipinski definition) is 0. The number of rotatable bonds is 7. The molecule has 56 heavy (non-hydrogen) atoms. The zero-order valence-corrected chi connectivity index (χ0v) is 32.8. The Morgan fingerprint density at radius 3 is 1.09 bits per heavy atom. The molecule has 0 bridgehead atoms. The van der Waals surface area contributed by atoms with Crippen LogP contribution >= 0.6 is 15.8 Å². The molecule has 0 N–H and O–H groups in total. The van der Waals surface area contributed by atoms with E-state index in [1.54, 1.807) is 0 Å². The van der Waals surface area contributed by atoms with Gasteiger partial charge in [-0.2, -0.15) is 0 Å². The highest BCUT2D eigenvalue weighted by atomic mass is 31.1. The van der Waals surface area contributed by atoms with Crippen LogP contribution in [0.15, 0.2) is 230 Å². The highest BCUT2D eigenvalue weighted by Crippen LogP contribution is 2.64. The molecule has 2 aliphatic rings. The third kappa shape index (κ3) is 6.30. The first kappa shape index (κ1) is 34.6. The molecule has 0 amide bonds. The maximum absolute atomic E-state index is 2.52. The molecule has 0 aromatic heterocycles. The number of hydrogen-bond donors (Lipinski definition) is 0. The lowest BCUT2D eigenvalue weighted by atomic mass is 9.93. The Balaban J connectivity index is 1.26. The summed E-state index contributed by atoms with van der Waals surface area (Å²) in [6.45, 7) is 0. The Kier molecular flexibility index (Phi) is 9.46. The molecule has 2 aliphatic heterocycles. The fraction of sp³-hybridized carbons (Fsp3) is 0.0370. The second-order valence-electron chi connectivity index (χ2n) is 14.5. The molecule has 2 heteroatoms. The van der Waals surface area contributed by atoms with Crippen LogP contribution in [0.1, 0.15) is 33.6 Å². The van der Waals surface area contributed by atoms with Gasteiger partial charge >= 0.3 is 0 Å². The Bertz CT molecular complexity index is 2600. The van der Waals surface area contributed by atoms with E-state index in [1.165, 1.54) is 76.7 Å². The number of allylic oxidation sites excluding steroid dienone is 6. The largest absolute Gasteiger partial charge is 0.0622 e. The van der Waals surface area contributed by atoms with Crippen LogP contribution in [0.25, 0.3) is 43.8 Å². The third-order valence-electron chi connectivity index (χ3n) is 11.3. The van der Waals surface area contributed by atoms with Gasteiger partial charge in [0.25, 0.3) is 0 Å². The quantitative estimate of drug-likeness (QED) is 0.142. The van der Waals surface area contributed by atoms with Crippen LogP contribution in [0, 0.1) is 0 Å². The summed E-state index contributed by atoms with van der Waals surface area (Å²) in [6.07, 6.45) is 9.36. The van der Waals surface area contributed by atoms with E-state index >= 15 is 0 Å². The van der Waals surface area contributed by atoms with Crippen molar-refractivity contribution in [2.45, 2.75) is 11.3 Å². The second kappa shape index (κ2) is 15.3. The van der Waals surface area contributed by atoms with E-state index < -0.39 is 15.8 Å². The molecule has 0 saturated carbocycles. The molecule has 0 fully saturated rings. The number of benzene rings is 8. The summed E-state index contributed by atoms with van der Waals surface area (Å²) < 4.78 is 0. The van der Waals surface area contributed by atoms with E-state index in [1.807, 2.05) is 0 Å². The third-order valence-corrected chi connectivity index (χ3v) is 16.4. The molecule has 0 spiro atoms. The van der Waals surface area contributed by atoms with Crippen molar-refractivity contribution in [3.05, 3.63) is 252 Å². The first-order chi connectivity index (χ1) is 27.8. The fourth-order valence-corrected chi connectivity index (χ4v) is 14.1. The van der Waals surface area contributed by atoms with Crippen LogP contribution in [0.3, 0.4) is 0 Å². The summed E-state index contributed by atoms with van der Waals surface area (Å²) >= 11 is 0. The highest BCUT2D eigenvalue weighted by Gasteiger charge is 2.35. The van der Waals surface area contributed by atoms with E-state index in [0.717, 1.165) is 0 Å². The monoisotopic (exact) mass is 750 g/mol. The van der Waals surface area contributed by atoms with Gasteiger partial charge in [-0.25, -0.2) is 0 Å². The lowest BCUT2D eigenvalue weighted by molar-refractivity contribution is 1.22. The van der Waals surface area contributed by atoms with Gasteiger partial charge in [-0.1, -0.05) is 230 Å². The van der Waals surface area contributed by atoms with Gasteiger partial charge in [0.15, 0.2) is 0 Å². The molecule has 8 aromatic rings. The molecule has 10 rings (SSSR count). The van der Waals surface area contributed by atoms with Crippen LogP contribution in [0.5, 0.6) is 0 Å². The van der Waals surface area contributed by atoms with Crippen LogP contribution < -0.4 is 10.6 Å². The normalized spacial score (nSPS) is 19.1. The van der Waals surface area contributed by atoms with E-state index in [4.69, 9.17) is 0 Å². The molecule has 0 aliphatic carbocycles. The molecule has 4 atom stereocenters. The van der Waals surface area contributed by atoms with Crippen molar-refractivity contribution in [1.82, 2.24) is 0 Å². The van der Waals surface area contributed by atoms with Gasteiger partial charge in [0.05, 0.1) is 0 Å². The molecule has 266 valence electrons. The van der Waals surface area contributed by atoms with E-state index in [-0.39, 0.29) is 11.3 Å². The van der Waals surface area contributed by atoms with Crippen LogP contribution in [0.4, 0.5) is 0 Å². The molecular weight excluding hydrogens is 711 g/mol. The topological polar surface area (TPSA) is 0 Å². The summed E-state index contributed by atoms with van der Waals surface area (Å²) in [5.41, 5.74) is 11.2. The zero-order valence-electron chi connectivity index (χ0n) is 31.0. The van der Waals surface area contributed by atoms with Gasteiger partial charge in [0.1, 0.15) is 0 Å². The predicted octanol–water partition coefficient (Wildman–Crippen LogP) is 14.6. The van der Waals surface area contributed by atoms with E-state index in [0.29, 0.717) is 0 Å². The lowest BCUT2D eigenvalue weighted by Crippen LogP contribution is -2.18. The van der Waals surface area contributed by atoms with E-state index in [2.05, 4.69) is 230 Å². The van der Waals surface area contributed by atoms with Crippen LogP contribution in [-0.2, 0) is 0 Å². The van der Waals surface area contributed by atoms with Crippen molar-refractivity contribution in [2.75, 3.05) is 0 Å². The summed E-state index contributed by atoms with van der Waals surface area (Å²) in [7, 11) is -1.69. The SMILES string of the molecule is C1=CP(c2ccc3ccccc3c2-c2c(P3C=CC=C(c4ccccc4)C3c3ccccc3)ccc3ccccc23)C(c2ccccc2)C(c2ccccc2)=C1. The maximum Gasteiger partial charge on any atom is 0.0372 e. The molecular formula is C54H40P2. The van der Waals surface area contributed by atoms with Crippen molar-refractivity contribution in [1.29, 1.82) is 0 Å². The van der Waals surface area contributed by atoms with Crippen molar-refractivity contribution in [3.8, 4) is 11.1 Å². The minimum Gasteiger partial charge on any atom is -0.0622 e. The number of fused-ring (bicyclic) bond motifs is 2. The van der Waals surface area contributed by atoms with Crippen molar-refractivity contribution in [3.63, 3.8) is 0 Å². The first-order valence-electron chi connectivity index (χ1n) is 19.4. The van der Waals surface area contributed by atoms with Crippen molar-refractivity contribution < 1.29 is 0 Å². The lowest BCUT2D eigenvalue weighted by Gasteiger charge is -2.35. The summed E-state index contributed by atoms with van der Waals surface area (Å²) in [6, 6.07) is 72.2. The molecule has 8 aromatic carbocycles. The second-order valence-corrected chi connectivity index (χ2v) is 18.7. The first-order valence-corrected chi connectivity index (χ1v) is 22.4. The average Bonchev–Trinajstić information content (AvgIpc) is 3.29. The van der Waals surface area contributed by atoms with Gasteiger partial charge in [-0.3, -0.25) is 0 Å². The molecule has 0 radical (unpaired) electrons. The van der Waals surface area contributed by atoms with Crippen LogP contribution in [-0.4, -0.2) is 0 Å².